The molecule has 0 radical (unpaired) electrons. The number of benzene rings is 1. The van der Waals surface area contributed by atoms with Gasteiger partial charge < -0.3 is 14.6 Å². The Hall–Kier alpha value is -2.07. The van der Waals surface area contributed by atoms with Gasteiger partial charge in [0.1, 0.15) is 11.5 Å². The smallest absolute Gasteiger partial charge is 0.122 e. The Morgan fingerprint density at radius 3 is 2.24 bits per heavy atom. The Kier molecular flexibility index (Phi) is 5.17. The van der Waals surface area contributed by atoms with E-state index in [9.17, 15) is 5.11 Å². The average molecular weight is 287 g/mol. The van der Waals surface area contributed by atoms with Crippen molar-refractivity contribution in [1.29, 1.82) is 0 Å². The van der Waals surface area contributed by atoms with Crippen molar-refractivity contribution in [2.45, 2.75) is 25.9 Å². The molecule has 2 aromatic rings. The molecule has 0 saturated heterocycles. The van der Waals surface area contributed by atoms with E-state index in [4.69, 9.17) is 9.47 Å². The molecular formula is C17H21NO3. The molecule has 0 saturated carbocycles. The summed E-state index contributed by atoms with van der Waals surface area (Å²) in [5, 5.41) is 10.4. The fourth-order valence-electron chi connectivity index (χ4n) is 2.12. The van der Waals surface area contributed by atoms with Gasteiger partial charge in [0.25, 0.3) is 0 Å². The fourth-order valence-corrected chi connectivity index (χ4v) is 2.12. The number of hydrogen-bond donors (Lipinski definition) is 1. The van der Waals surface area contributed by atoms with Gasteiger partial charge in [-0.1, -0.05) is 13.0 Å². The van der Waals surface area contributed by atoms with Gasteiger partial charge in [-0.15, -0.1) is 0 Å². The summed E-state index contributed by atoms with van der Waals surface area (Å²) in [5.41, 5.74) is 2.81. The second kappa shape index (κ2) is 7.09. The van der Waals surface area contributed by atoms with E-state index in [0.29, 0.717) is 17.9 Å². The number of nitrogens with zero attached hydrogens (tertiary/aromatic N) is 1. The number of pyridine rings is 1. The molecule has 0 bridgehead atoms. The number of aromatic nitrogens is 1. The number of aliphatic hydroxyl groups excluding tert-OH is 1. The first kappa shape index (κ1) is 15.3. The number of rotatable bonds is 6. The van der Waals surface area contributed by atoms with Gasteiger partial charge in [-0.05, 0) is 35.7 Å². The molecule has 1 heterocycles. The summed E-state index contributed by atoms with van der Waals surface area (Å²) < 4.78 is 10.4. The second-order valence-electron chi connectivity index (χ2n) is 4.88. The van der Waals surface area contributed by atoms with Crippen LogP contribution in [0.4, 0.5) is 0 Å². The zero-order chi connectivity index (χ0) is 15.2. The minimum Gasteiger partial charge on any atom is -0.497 e. The zero-order valence-electron chi connectivity index (χ0n) is 12.7. The molecular weight excluding hydrogens is 266 g/mol. The van der Waals surface area contributed by atoms with Crippen LogP contribution < -0.4 is 9.47 Å². The molecule has 1 aromatic carbocycles. The highest BCUT2D eigenvalue weighted by molar-refractivity contribution is 5.39. The summed E-state index contributed by atoms with van der Waals surface area (Å²) in [6, 6.07) is 9.41. The van der Waals surface area contributed by atoms with Gasteiger partial charge in [0.05, 0.1) is 20.3 Å². The van der Waals surface area contributed by atoms with Crippen LogP contribution in [0.5, 0.6) is 11.5 Å². The lowest BCUT2D eigenvalue weighted by atomic mass is 10.0. The maximum Gasteiger partial charge on any atom is 0.122 e. The molecule has 1 aromatic heterocycles. The number of methoxy groups -OCH3 is 2. The fraction of sp³-hybridized carbons (Fsp3) is 0.353. The SMILES string of the molecule is CCc1ccc(CC(O)c2cc(OC)cc(OC)c2)nc1. The molecule has 1 N–H and O–H groups in total. The highest BCUT2D eigenvalue weighted by Crippen LogP contribution is 2.27. The van der Waals surface area contributed by atoms with E-state index in [1.807, 2.05) is 30.5 Å². The van der Waals surface area contributed by atoms with Crippen molar-refractivity contribution in [3.05, 3.63) is 53.3 Å². The van der Waals surface area contributed by atoms with Crippen LogP contribution in [-0.4, -0.2) is 24.3 Å². The molecule has 4 heteroatoms. The number of ether oxygens (including phenoxy) is 2. The Bertz CT molecular complexity index is 559. The molecule has 0 spiro atoms. The van der Waals surface area contributed by atoms with Crippen molar-refractivity contribution >= 4 is 0 Å². The lowest BCUT2D eigenvalue weighted by Crippen LogP contribution is -2.04. The minimum absolute atomic E-state index is 0.459. The van der Waals surface area contributed by atoms with E-state index in [1.54, 1.807) is 20.3 Å². The van der Waals surface area contributed by atoms with Crippen molar-refractivity contribution in [3.63, 3.8) is 0 Å². The number of aliphatic hydroxyl groups is 1. The van der Waals surface area contributed by atoms with Crippen LogP contribution in [0, 0.1) is 0 Å². The van der Waals surface area contributed by atoms with Gasteiger partial charge in [0.15, 0.2) is 0 Å². The zero-order valence-corrected chi connectivity index (χ0v) is 12.7. The largest absolute Gasteiger partial charge is 0.497 e. The minimum atomic E-state index is -0.644. The summed E-state index contributed by atoms with van der Waals surface area (Å²) in [6.07, 6.45) is 2.63. The Labute approximate surface area is 125 Å². The van der Waals surface area contributed by atoms with Crippen LogP contribution in [0.2, 0.25) is 0 Å². The second-order valence-corrected chi connectivity index (χ2v) is 4.88. The van der Waals surface area contributed by atoms with E-state index >= 15 is 0 Å². The van der Waals surface area contributed by atoms with E-state index in [1.165, 1.54) is 5.56 Å². The third-order valence-electron chi connectivity index (χ3n) is 3.46. The van der Waals surface area contributed by atoms with Crippen molar-refractivity contribution in [3.8, 4) is 11.5 Å². The molecule has 4 nitrogen and oxygen atoms in total. The first-order valence-electron chi connectivity index (χ1n) is 7.01. The first-order chi connectivity index (χ1) is 10.2. The molecule has 0 aliphatic carbocycles. The standard InChI is InChI=1S/C17H21NO3/c1-4-12-5-6-14(18-11-12)9-17(19)13-7-15(20-2)10-16(8-13)21-3/h5-8,10-11,17,19H,4,9H2,1-3H3. The van der Waals surface area contributed by atoms with Crippen LogP contribution in [0.1, 0.15) is 29.8 Å². The van der Waals surface area contributed by atoms with Crippen molar-refractivity contribution in [2.24, 2.45) is 0 Å². The number of hydrogen-bond acceptors (Lipinski definition) is 4. The summed E-state index contributed by atoms with van der Waals surface area (Å²) in [6.45, 7) is 2.09. The molecule has 0 amide bonds. The van der Waals surface area contributed by atoms with Crippen LogP contribution in [-0.2, 0) is 12.8 Å². The van der Waals surface area contributed by atoms with Crippen LogP contribution in [0.3, 0.4) is 0 Å². The average Bonchev–Trinajstić information content (AvgIpc) is 2.54. The highest BCUT2D eigenvalue weighted by atomic mass is 16.5. The summed E-state index contributed by atoms with van der Waals surface area (Å²) in [5.74, 6) is 1.33. The van der Waals surface area contributed by atoms with Gasteiger partial charge in [-0.2, -0.15) is 0 Å². The maximum absolute atomic E-state index is 10.4. The predicted octanol–water partition coefficient (Wildman–Crippen LogP) is 2.94. The third kappa shape index (κ3) is 3.95. The van der Waals surface area contributed by atoms with Gasteiger partial charge in [-0.25, -0.2) is 0 Å². The van der Waals surface area contributed by atoms with E-state index in [0.717, 1.165) is 17.7 Å². The lowest BCUT2D eigenvalue weighted by Gasteiger charge is -2.14. The Morgan fingerprint density at radius 2 is 1.76 bits per heavy atom. The van der Waals surface area contributed by atoms with Gasteiger partial charge >= 0.3 is 0 Å². The summed E-state index contributed by atoms with van der Waals surface area (Å²) in [7, 11) is 3.19. The third-order valence-corrected chi connectivity index (χ3v) is 3.46. The molecule has 1 atom stereocenters. The topological polar surface area (TPSA) is 51.6 Å². The normalized spacial score (nSPS) is 12.0. The van der Waals surface area contributed by atoms with Gasteiger partial charge in [0.2, 0.25) is 0 Å². The molecule has 0 fully saturated rings. The van der Waals surface area contributed by atoms with Crippen molar-refractivity contribution < 1.29 is 14.6 Å². The quantitative estimate of drug-likeness (QED) is 0.887. The first-order valence-corrected chi connectivity index (χ1v) is 7.01. The lowest BCUT2D eigenvalue weighted by molar-refractivity contribution is 0.176. The van der Waals surface area contributed by atoms with E-state index in [-0.39, 0.29) is 0 Å². The monoisotopic (exact) mass is 287 g/mol. The van der Waals surface area contributed by atoms with Gasteiger partial charge in [0, 0.05) is 24.4 Å². The molecule has 0 aliphatic rings. The van der Waals surface area contributed by atoms with Crippen molar-refractivity contribution in [2.75, 3.05) is 14.2 Å². The molecule has 1 unspecified atom stereocenters. The number of aryl methyl sites for hydroxylation is 1. The van der Waals surface area contributed by atoms with Crippen LogP contribution in [0.25, 0.3) is 0 Å². The summed E-state index contributed by atoms with van der Waals surface area (Å²) >= 11 is 0. The summed E-state index contributed by atoms with van der Waals surface area (Å²) in [4.78, 5) is 4.38. The molecule has 112 valence electrons. The highest BCUT2D eigenvalue weighted by Gasteiger charge is 2.12. The predicted molar refractivity (Wildman–Crippen MR) is 81.8 cm³/mol. The molecule has 2 rings (SSSR count). The van der Waals surface area contributed by atoms with Gasteiger partial charge in [-0.3, -0.25) is 4.98 Å². The Morgan fingerprint density at radius 1 is 1.10 bits per heavy atom. The van der Waals surface area contributed by atoms with Crippen LogP contribution >= 0.6 is 0 Å². The molecule has 0 aliphatic heterocycles. The van der Waals surface area contributed by atoms with E-state index < -0.39 is 6.10 Å². The Balaban J connectivity index is 2.16. The van der Waals surface area contributed by atoms with Crippen molar-refractivity contribution in [1.82, 2.24) is 4.98 Å². The van der Waals surface area contributed by atoms with Crippen LogP contribution in [0.15, 0.2) is 36.5 Å². The van der Waals surface area contributed by atoms with E-state index in [2.05, 4.69) is 11.9 Å². The maximum atomic E-state index is 10.4. The molecule has 21 heavy (non-hydrogen) atoms.